The molecule has 4 aromatic rings. The fourth-order valence-corrected chi connectivity index (χ4v) is 8.07. The van der Waals surface area contributed by atoms with Crippen LogP contribution in [0.3, 0.4) is 0 Å². The van der Waals surface area contributed by atoms with Gasteiger partial charge in [0.05, 0.1) is 25.3 Å². The Morgan fingerprint density at radius 2 is 1.27 bits per heavy atom. The van der Waals surface area contributed by atoms with Crippen LogP contribution in [0.25, 0.3) is 0 Å². The van der Waals surface area contributed by atoms with Crippen LogP contribution in [-0.4, -0.2) is 54.5 Å². The van der Waals surface area contributed by atoms with Crippen molar-refractivity contribution in [1.82, 2.24) is 4.90 Å². The molecule has 4 aromatic carbocycles. The third kappa shape index (κ3) is 4.80. The van der Waals surface area contributed by atoms with Crippen LogP contribution < -0.4 is 4.90 Å². The van der Waals surface area contributed by atoms with Gasteiger partial charge in [0.1, 0.15) is 30.0 Å². The first-order chi connectivity index (χ1) is 23.4. The van der Waals surface area contributed by atoms with Crippen molar-refractivity contribution < 1.29 is 33.4 Å². The van der Waals surface area contributed by atoms with Crippen LogP contribution >= 0.6 is 0 Å². The maximum absolute atomic E-state index is 15.4. The molecule has 0 radical (unpaired) electrons. The topological polar surface area (TPSA) is 102 Å². The van der Waals surface area contributed by atoms with Gasteiger partial charge in [-0.2, -0.15) is 0 Å². The molecule has 1 unspecified atom stereocenters. The number of rotatable bonds is 8. The Hall–Kier alpha value is -5.28. The molecule has 1 amide bonds. The highest BCUT2D eigenvalue weighted by Crippen LogP contribution is 2.65. The number of nitrogens with zero attached hydrogens (tertiary/aromatic N) is 2. The molecule has 0 bridgehead atoms. The summed E-state index contributed by atoms with van der Waals surface area (Å²) < 4.78 is 17.4. The molecule has 9 heteroatoms. The lowest BCUT2D eigenvalue weighted by Crippen LogP contribution is -2.53. The summed E-state index contributed by atoms with van der Waals surface area (Å²) >= 11 is 0. The van der Waals surface area contributed by atoms with E-state index in [0.717, 1.165) is 16.7 Å². The average Bonchev–Trinajstić information content (AvgIpc) is 3.56. The summed E-state index contributed by atoms with van der Waals surface area (Å²) in [5, 5.41) is 0. The van der Waals surface area contributed by atoms with Gasteiger partial charge in [-0.1, -0.05) is 109 Å². The van der Waals surface area contributed by atoms with Crippen LogP contribution in [0.4, 0.5) is 5.69 Å². The summed E-state index contributed by atoms with van der Waals surface area (Å²) in [6.07, 6.45) is -0.760. The van der Waals surface area contributed by atoms with Crippen LogP contribution in [0.2, 0.25) is 0 Å². The number of cyclic esters (lactones) is 1. The highest BCUT2D eigenvalue weighted by Gasteiger charge is 2.75. The number of amides is 1. The van der Waals surface area contributed by atoms with Gasteiger partial charge in [0.2, 0.25) is 5.91 Å². The first kappa shape index (κ1) is 31.3. The highest BCUT2D eigenvalue weighted by atomic mass is 16.6. The fraction of sp³-hybridized carbons (Fsp3) is 0.282. The molecule has 3 aliphatic heterocycles. The Bertz CT molecular complexity index is 1830. The zero-order valence-electron chi connectivity index (χ0n) is 26.7. The van der Waals surface area contributed by atoms with Crippen LogP contribution in [0.15, 0.2) is 115 Å². The van der Waals surface area contributed by atoms with E-state index in [1.54, 1.807) is 26.0 Å². The number of esters is 3. The zero-order valence-corrected chi connectivity index (χ0v) is 26.7. The Labute approximate surface area is 279 Å². The number of carbonyl (C=O) groups excluding carboxylic acids is 4. The van der Waals surface area contributed by atoms with Gasteiger partial charge in [-0.25, -0.2) is 0 Å². The standard InChI is InChI=1S/C39H36N2O7/c1-3-46-30(42)24-40-29-23-15-14-22-28(29)39(38(40)45)31(36(43)47-4-2)33-37(44)48-34(26-18-10-6-11-19-26)32(25-16-8-5-9-17-25)41(33)35(39)27-20-12-7-13-21-27/h5-23,31-35H,3-4,24H2,1-2H3/t31-,32-,33?,34+,35+,39-/m1/s1. The minimum atomic E-state index is -1.67. The van der Waals surface area contributed by atoms with Crippen LogP contribution in [0.1, 0.15) is 54.3 Å². The molecule has 7 rings (SSSR count). The van der Waals surface area contributed by atoms with Crippen molar-refractivity contribution in [1.29, 1.82) is 0 Å². The molecular weight excluding hydrogens is 608 g/mol. The molecule has 9 nitrogen and oxygen atoms in total. The normalized spacial score (nSPS) is 26.1. The van der Waals surface area contributed by atoms with E-state index in [9.17, 15) is 14.4 Å². The van der Waals surface area contributed by atoms with E-state index >= 15 is 4.79 Å². The second kappa shape index (κ2) is 12.7. The third-order valence-electron chi connectivity index (χ3n) is 9.71. The minimum absolute atomic E-state index is 0.0420. The van der Waals surface area contributed by atoms with Gasteiger partial charge < -0.3 is 19.1 Å². The van der Waals surface area contributed by atoms with Crippen molar-refractivity contribution in [2.45, 2.75) is 43.5 Å². The fourth-order valence-electron chi connectivity index (χ4n) is 8.07. The third-order valence-corrected chi connectivity index (χ3v) is 9.71. The van der Waals surface area contributed by atoms with Crippen LogP contribution in [-0.2, 0) is 38.8 Å². The molecule has 0 saturated carbocycles. The van der Waals surface area contributed by atoms with E-state index in [1.165, 1.54) is 4.90 Å². The largest absolute Gasteiger partial charge is 0.466 e. The van der Waals surface area contributed by atoms with Crippen molar-refractivity contribution in [3.05, 3.63) is 138 Å². The maximum Gasteiger partial charge on any atom is 0.326 e. The average molecular weight is 645 g/mol. The lowest BCUT2D eigenvalue weighted by atomic mass is 9.65. The molecule has 0 aliphatic carbocycles. The van der Waals surface area contributed by atoms with Crippen LogP contribution in [0, 0.1) is 5.92 Å². The predicted octanol–water partition coefficient (Wildman–Crippen LogP) is 5.48. The quantitative estimate of drug-likeness (QED) is 0.184. The molecule has 0 N–H and O–H groups in total. The molecule has 48 heavy (non-hydrogen) atoms. The summed E-state index contributed by atoms with van der Waals surface area (Å²) in [6.45, 7) is 3.23. The van der Waals surface area contributed by atoms with Crippen molar-refractivity contribution in [3.63, 3.8) is 0 Å². The zero-order chi connectivity index (χ0) is 33.4. The number of anilines is 1. The van der Waals surface area contributed by atoms with E-state index < -0.39 is 59.4 Å². The maximum atomic E-state index is 15.4. The number of morpholine rings is 1. The van der Waals surface area contributed by atoms with Crippen molar-refractivity contribution in [2.75, 3.05) is 24.7 Å². The van der Waals surface area contributed by atoms with Crippen molar-refractivity contribution >= 4 is 29.5 Å². The number of hydrogen-bond donors (Lipinski definition) is 0. The molecule has 0 aromatic heterocycles. The van der Waals surface area contributed by atoms with Gasteiger partial charge in [-0.3, -0.25) is 24.1 Å². The number of fused-ring (bicyclic) bond motifs is 3. The molecule has 3 heterocycles. The van der Waals surface area contributed by atoms with Crippen LogP contribution in [0.5, 0.6) is 0 Å². The van der Waals surface area contributed by atoms with E-state index in [1.807, 2.05) is 108 Å². The van der Waals surface area contributed by atoms with Gasteiger partial charge in [-0.15, -0.1) is 0 Å². The number of ether oxygens (including phenoxy) is 3. The van der Waals surface area contributed by atoms with Gasteiger partial charge in [0.15, 0.2) is 0 Å². The summed E-state index contributed by atoms with van der Waals surface area (Å²) in [7, 11) is 0. The summed E-state index contributed by atoms with van der Waals surface area (Å²) in [6, 6.07) is 33.2. The molecule has 2 saturated heterocycles. The Kier molecular flexibility index (Phi) is 8.31. The lowest BCUT2D eigenvalue weighted by Gasteiger charge is -2.46. The molecular formula is C39H36N2O7. The Morgan fingerprint density at radius 3 is 1.90 bits per heavy atom. The Morgan fingerprint density at radius 1 is 0.708 bits per heavy atom. The SMILES string of the molecule is CCOC(=O)CN1C(=O)[C@@]2(c3ccccc31)[C@H](c1ccccc1)N1C(C(=O)O[C@@H](c3ccccc3)[C@H]1c1ccccc1)[C@@H]2C(=O)OCC. The van der Waals surface area contributed by atoms with E-state index in [-0.39, 0.29) is 19.8 Å². The van der Waals surface area contributed by atoms with Gasteiger partial charge in [0, 0.05) is 5.69 Å². The van der Waals surface area contributed by atoms with E-state index in [0.29, 0.717) is 11.3 Å². The summed E-state index contributed by atoms with van der Waals surface area (Å²) in [4.78, 5) is 60.8. The van der Waals surface area contributed by atoms with E-state index in [2.05, 4.69) is 0 Å². The first-order valence-corrected chi connectivity index (χ1v) is 16.3. The minimum Gasteiger partial charge on any atom is -0.466 e. The van der Waals surface area contributed by atoms with Gasteiger partial charge in [0.25, 0.3) is 0 Å². The molecule has 2 fully saturated rings. The lowest BCUT2D eigenvalue weighted by molar-refractivity contribution is -0.180. The highest BCUT2D eigenvalue weighted by molar-refractivity contribution is 6.14. The number of para-hydroxylation sites is 1. The number of carbonyl (C=O) groups is 4. The van der Waals surface area contributed by atoms with E-state index in [4.69, 9.17) is 14.2 Å². The molecule has 3 aliphatic rings. The molecule has 244 valence electrons. The van der Waals surface area contributed by atoms with Gasteiger partial charge in [-0.05, 0) is 42.2 Å². The smallest absolute Gasteiger partial charge is 0.326 e. The van der Waals surface area contributed by atoms with Crippen molar-refractivity contribution in [3.8, 4) is 0 Å². The number of benzene rings is 4. The second-order valence-corrected chi connectivity index (χ2v) is 12.1. The summed E-state index contributed by atoms with van der Waals surface area (Å²) in [5.74, 6) is -3.68. The molecule has 6 atom stereocenters. The molecule has 1 spiro atoms. The second-order valence-electron chi connectivity index (χ2n) is 12.1. The Balaban J connectivity index is 1.55. The predicted molar refractivity (Wildman–Crippen MR) is 176 cm³/mol. The monoisotopic (exact) mass is 644 g/mol. The van der Waals surface area contributed by atoms with Crippen molar-refractivity contribution in [2.24, 2.45) is 5.92 Å². The first-order valence-electron chi connectivity index (χ1n) is 16.3. The summed E-state index contributed by atoms with van der Waals surface area (Å²) in [5.41, 5.74) is 1.72. The van der Waals surface area contributed by atoms with Gasteiger partial charge >= 0.3 is 17.9 Å². The number of hydrogen-bond acceptors (Lipinski definition) is 8.